The van der Waals surface area contributed by atoms with E-state index in [4.69, 9.17) is 21.3 Å². The topological polar surface area (TPSA) is 40.1 Å². The first kappa shape index (κ1) is 16.2. The number of halogens is 1. The Morgan fingerprint density at radius 3 is 2.80 bits per heavy atom. The molecule has 1 N–H and O–H groups in total. The fourth-order valence-corrected chi connectivity index (χ4v) is 3.50. The van der Waals surface area contributed by atoms with Crippen molar-refractivity contribution in [3.8, 4) is 5.75 Å². The third-order valence-corrected chi connectivity index (χ3v) is 4.93. The van der Waals surface area contributed by atoms with Gasteiger partial charge in [0.2, 0.25) is 0 Å². The first-order valence-corrected chi connectivity index (χ1v) is 8.87. The summed E-state index contributed by atoms with van der Waals surface area (Å²) < 4.78 is 5.22. The van der Waals surface area contributed by atoms with Gasteiger partial charge in [-0.15, -0.1) is 0 Å². The van der Waals surface area contributed by atoms with Gasteiger partial charge in [-0.05, 0) is 36.4 Å². The van der Waals surface area contributed by atoms with Gasteiger partial charge in [0.1, 0.15) is 11.6 Å². The van der Waals surface area contributed by atoms with Gasteiger partial charge >= 0.3 is 0 Å². The quantitative estimate of drug-likeness (QED) is 0.904. The highest BCUT2D eigenvalue weighted by Crippen LogP contribution is 2.30. The van der Waals surface area contributed by atoms with Gasteiger partial charge in [0.25, 0.3) is 0 Å². The molecule has 3 aliphatic rings. The van der Waals surface area contributed by atoms with Crippen LogP contribution in [0.15, 0.2) is 53.3 Å². The second-order valence-electron chi connectivity index (χ2n) is 6.19. The van der Waals surface area contributed by atoms with E-state index in [0.29, 0.717) is 10.8 Å². The van der Waals surface area contributed by atoms with Crippen LogP contribution in [0.2, 0.25) is 5.02 Å². The van der Waals surface area contributed by atoms with Crippen LogP contribution in [-0.4, -0.2) is 55.5 Å². The number of rotatable bonds is 3. The number of amidine groups is 1. The van der Waals surface area contributed by atoms with E-state index in [2.05, 4.69) is 39.5 Å². The standard InChI is InChI=1S/C19H21ClN4O/c1-25-18-4-2-14(12-16(18)20)17-6-9-24-13-15(3-5-19(24)22-17)23-10-7-21-8-11-23/h2-6,12-13,21H,7-11H2,1H3. The van der Waals surface area contributed by atoms with Crippen molar-refractivity contribution in [2.45, 2.75) is 0 Å². The van der Waals surface area contributed by atoms with Gasteiger partial charge in [0.15, 0.2) is 0 Å². The molecular weight excluding hydrogens is 336 g/mol. The van der Waals surface area contributed by atoms with Crippen LogP contribution in [0.25, 0.3) is 5.70 Å². The second-order valence-corrected chi connectivity index (χ2v) is 6.59. The van der Waals surface area contributed by atoms with Crippen molar-refractivity contribution in [3.05, 3.63) is 58.9 Å². The summed E-state index contributed by atoms with van der Waals surface area (Å²) in [7, 11) is 1.62. The number of piperazine rings is 1. The van der Waals surface area contributed by atoms with E-state index in [1.165, 1.54) is 5.70 Å². The molecule has 0 spiro atoms. The van der Waals surface area contributed by atoms with Crippen molar-refractivity contribution in [2.24, 2.45) is 4.99 Å². The van der Waals surface area contributed by atoms with Gasteiger partial charge in [0.05, 0.1) is 23.5 Å². The van der Waals surface area contributed by atoms with E-state index >= 15 is 0 Å². The fourth-order valence-electron chi connectivity index (χ4n) is 3.24. The molecule has 1 saturated heterocycles. The van der Waals surface area contributed by atoms with E-state index in [1.807, 2.05) is 18.2 Å². The molecule has 130 valence electrons. The summed E-state index contributed by atoms with van der Waals surface area (Å²) in [6, 6.07) is 5.77. The van der Waals surface area contributed by atoms with Gasteiger partial charge in [-0.2, -0.15) is 0 Å². The predicted octanol–water partition coefficient (Wildman–Crippen LogP) is 2.72. The lowest BCUT2D eigenvalue weighted by atomic mass is 10.1. The smallest absolute Gasteiger partial charge is 0.137 e. The molecule has 0 atom stereocenters. The summed E-state index contributed by atoms with van der Waals surface area (Å²) in [5.74, 6) is 1.64. The number of nitrogens with zero attached hydrogens (tertiary/aromatic N) is 3. The average Bonchev–Trinajstić information content (AvgIpc) is 2.68. The number of hydrogen-bond acceptors (Lipinski definition) is 5. The number of aliphatic imine (C=N–C) groups is 1. The molecule has 3 heterocycles. The van der Waals surface area contributed by atoms with E-state index in [0.717, 1.165) is 49.8 Å². The molecule has 1 fully saturated rings. The molecule has 1 aromatic carbocycles. The van der Waals surface area contributed by atoms with Gasteiger partial charge in [-0.3, -0.25) is 0 Å². The van der Waals surface area contributed by atoms with Crippen LogP contribution in [0.5, 0.6) is 5.75 Å². The highest BCUT2D eigenvalue weighted by Gasteiger charge is 2.20. The van der Waals surface area contributed by atoms with Crippen molar-refractivity contribution in [1.82, 2.24) is 15.1 Å². The Morgan fingerprint density at radius 2 is 2.04 bits per heavy atom. The van der Waals surface area contributed by atoms with Crippen LogP contribution in [-0.2, 0) is 0 Å². The maximum atomic E-state index is 6.25. The van der Waals surface area contributed by atoms with Crippen LogP contribution in [0.4, 0.5) is 0 Å². The molecule has 0 saturated carbocycles. The Labute approximate surface area is 152 Å². The van der Waals surface area contributed by atoms with Crippen LogP contribution in [0.1, 0.15) is 5.56 Å². The Balaban J connectivity index is 1.53. The molecular formula is C19H21ClN4O. The van der Waals surface area contributed by atoms with E-state index < -0.39 is 0 Å². The summed E-state index contributed by atoms with van der Waals surface area (Å²) in [5, 5.41) is 3.99. The van der Waals surface area contributed by atoms with Crippen molar-refractivity contribution < 1.29 is 4.74 Å². The lowest BCUT2D eigenvalue weighted by Gasteiger charge is -2.34. The zero-order valence-corrected chi connectivity index (χ0v) is 15.0. The van der Waals surface area contributed by atoms with Gasteiger partial charge in [0, 0.05) is 44.5 Å². The molecule has 4 rings (SSSR count). The molecule has 25 heavy (non-hydrogen) atoms. The number of benzene rings is 1. The summed E-state index contributed by atoms with van der Waals surface area (Å²) in [5.41, 5.74) is 3.20. The zero-order chi connectivity index (χ0) is 17.2. The Kier molecular flexibility index (Phi) is 4.51. The number of hydrogen-bond donors (Lipinski definition) is 1. The predicted molar refractivity (Wildman–Crippen MR) is 102 cm³/mol. The van der Waals surface area contributed by atoms with Gasteiger partial charge in [-0.1, -0.05) is 11.6 Å². The van der Waals surface area contributed by atoms with Crippen LogP contribution < -0.4 is 10.1 Å². The minimum atomic E-state index is 0.601. The van der Waals surface area contributed by atoms with Crippen LogP contribution >= 0.6 is 11.6 Å². The molecule has 6 heteroatoms. The van der Waals surface area contributed by atoms with Crippen molar-refractivity contribution in [3.63, 3.8) is 0 Å². The first-order valence-electron chi connectivity index (χ1n) is 8.49. The molecule has 0 aromatic heterocycles. The molecule has 0 radical (unpaired) electrons. The van der Waals surface area contributed by atoms with E-state index in [1.54, 1.807) is 7.11 Å². The third-order valence-electron chi connectivity index (χ3n) is 4.63. The molecule has 0 unspecified atom stereocenters. The zero-order valence-electron chi connectivity index (χ0n) is 14.2. The average molecular weight is 357 g/mol. The molecule has 0 bridgehead atoms. The lowest BCUT2D eigenvalue weighted by molar-refractivity contribution is 0.302. The van der Waals surface area contributed by atoms with Gasteiger partial charge < -0.3 is 19.9 Å². The number of fused-ring (bicyclic) bond motifs is 1. The number of allylic oxidation sites excluding steroid dienone is 1. The largest absolute Gasteiger partial charge is 0.495 e. The Hall–Kier alpha value is -2.24. The molecule has 3 aliphatic heterocycles. The number of ether oxygens (including phenoxy) is 1. The van der Waals surface area contributed by atoms with Crippen molar-refractivity contribution in [1.29, 1.82) is 0 Å². The van der Waals surface area contributed by atoms with Crippen LogP contribution in [0, 0.1) is 0 Å². The van der Waals surface area contributed by atoms with E-state index in [9.17, 15) is 0 Å². The molecule has 0 amide bonds. The minimum Gasteiger partial charge on any atom is -0.495 e. The maximum absolute atomic E-state index is 6.25. The van der Waals surface area contributed by atoms with Crippen molar-refractivity contribution in [2.75, 3.05) is 39.8 Å². The summed E-state index contributed by atoms with van der Waals surface area (Å²) >= 11 is 6.25. The summed E-state index contributed by atoms with van der Waals surface area (Å²) in [6.45, 7) is 4.96. The monoisotopic (exact) mass is 356 g/mol. The van der Waals surface area contributed by atoms with Crippen molar-refractivity contribution >= 4 is 23.1 Å². The van der Waals surface area contributed by atoms with E-state index in [-0.39, 0.29) is 0 Å². The second kappa shape index (κ2) is 6.94. The van der Waals surface area contributed by atoms with Gasteiger partial charge in [-0.25, -0.2) is 4.99 Å². The summed E-state index contributed by atoms with van der Waals surface area (Å²) in [6.07, 6.45) is 8.57. The molecule has 1 aromatic rings. The Morgan fingerprint density at radius 1 is 1.20 bits per heavy atom. The highest BCUT2D eigenvalue weighted by molar-refractivity contribution is 6.32. The maximum Gasteiger partial charge on any atom is 0.137 e. The minimum absolute atomic E-state index is 0.601. The summed E-state index contributed by atoms with van der Waals surface area (Å²) in [4.78, 5) is 9.39. The fraction of sp³-hybridized carbons (Fsp3) is 0.316. The molecule has 5 nitrogen and oxygen atoms in total. The Bertz CT molecular complexity index is 791. The third kappa shape index (κ3) is 3.30. The normalized spacial score (nSPS) is 19.8. The highest BCUT2D eigenvalue weighted by atomic mass is 35.5. The lowest BCUT2D eigenvalue weighted by Crippen LogP contribution is -2.44. The SMILES string of the molecule is COc1ccc(C2=CCN3C=C(N4CCNCC4)C=CC3=N2)cc1Cl. The first-order chi connectivity index (χ1) is 12.2. The number of methoxy groups -OCH3 is 1. The van der Waals surface area contributed by atoms with Crippen LogP contribution in [0.3, 0.4) is 0 Å². The number of nitrogens with one attached hydrogen (secondary N) is 1. The molecule has 0 aliphatic carbocycles.